The molecule has 0 bridgehead atoms. The lowest BCUT2D eigenvalue weighted by Gasteiger charge is -1.94. The molecule has 0 saturated heterocycles. The molecule has 0 atom stereocenters. The van der Waals surface area contributed by atoms with E-state index >= 15 is 0 Å². The highest BCUT2D eigenvalue weighted by Gasteiger charge is 2.07. The molecule has 3 rings (SSSR count). The molecule has 0 unspecified atom stereocenters. The van der Waals surface area contributed by atoms with E-state index in [2.05, 4.69) is 4.98 Å². The fourth-order valence-electron chi connectivity index (χ4n) is 1.60. The molecule has 0 aliphatic carbocycles. The fraction of sp³-hybridized carbons (Fsp3) is 0. The van der Waals surface area contributed by atoms with Crippen LogP contribution in [0.1, 0.15) is 10.4 Å². The summed E-state index contributed by atoms with van der Waals surface area (Å²) in [7, 11) is 0. The zero-order valence-electron chi connectivity index (χ0n) is 8.08. The number of benzene rings is 1. The van der Waals surface area contributed by atoms with Crippen LogP contribution in [0.5, 0.6) is 0 Å². The van der Waals surface area contributed by atoms with E-state index in [1.807, 2.05) is 16.7 Å². The van der Waals surface area contributed by atoms with Crippen molar-refractivity contribution in [3.05, 3.63) is 36.2 Å². The summed E-state index contributed by atoms with van der Waals surface area (Å²) in [5, 5.41) is 0. The number of fused-ring (bicyclic) bond motifs is 3. The first-order valence-electron chi connectivity index (χ1n) is 4.41. The normalized spacial score (nSPS) is 10.5. The minimum atomic E-state index is -0.400. The summed E-state index contributed by atoms with van der Waals surface area (Å²) in [5.41, 5.74) is 6.81. The van der Waals surface area contributed by atoms with Gasteiger partial charge in [0, 0.05) is 18.0 Å². The van der Waals surface area contributed by atoms with Gasteiger partial charge in [0.25, 0.3) is 0 Å². The zero-order chi connectivity index (χ0) is 10.4. The molecule has 16 heavy (non-hydrogen) atoms. The van der Waals surface area contributed by atoms with Gasteiger partial charge in [-0.2, -0.15) is 0 Å². The Morgan fingerprint density at radius 3 is 3.00 bits per heavy atom. The van der Waals surface area contributed by atoms with Gasteiger partial charge in [-0.1, -0.05) is 11.3 Å². The van der Waals surface area contributed by atoms with Crippen LogP contribution in [-0.4, -0.2) is 15.3 Å². The molecule has 2 aromatic heterocycles. The number of nitrogens with zero attached hydrogens (tertiary/aromatic N) is 2. The van der Waals surface area contributed by atoms with Crippen LogP contribution in [0.3, 0.4) is 0 Å². The second-order valence-electron chi connectivity index (χ2n) is 3.23. The number of halogens is 1. The quantitative estimate of drug-likeness (QED) is 0.722. The molecule has 0 radical (unpaired) electrons. The molecule has 0 saturated carbocycles. The molecule has 2 heterocycles. The highest BCUT2D eigenvalue weighted by Crippen LogP contribution is 2.26. The summed E-state index contributed by atoms with van der Waals surface area (Å²) >= 11 is 1.54. The van der Waals surface area contributed by atoms with E-state index in [0.717, 1.165) is 15.2 Å². The molecular weight excluding hydrogens is 246 g/mol. The Hall–Kier alpha value is -1.59. The Morgan fingerprint density at radius 1 is 1.44 bits per heavy atom. The Labute approximate surface area is 101 Å². The van der Waals surface area contributed by atoms with E-state index in [1.165, 1.54) is 0 Å². The van der Waals surface area contributed by atoms with Crippen molar-refractivity contribution < 1.29 is 4.79 Å². The molecule has 0 fully saturated rings. The molecule has 1 amide bonds. The number of primary amides is 1. The van der Waals surface area contributed by atoms with Crippen LogP contribution in [0.25, 0.3) is 15.2 Å². The van der Waals surface area contributed by atoms with Gasteiger partial charge in [0.05, 0.1) is 10.2 Å². The number of amides is 1. The first kappa shape index (κ1) is 10.9. The average Bonchev–Trinajstić information content (AvgIpc) is 2.75. The van der Waals surface area contributed by atoms with Gasteiger partial charge >= 0.3 is 0 Å². The zero-order valence-corrected chi connectivity index (χ0v) is 9.72. The van der Waals surface area contributed by atoms with Crippen molar-refractivity contribution in [2.75, 3.05) is 0 Å². The minimum Gasteiger partial charge on any atom is -0.366 e. The molecular formula is C10H8ClN3OS. The Morgan fingerprint density at radius 2 is 2.25 bits per heavy atom. The van der Waals surface area contributed by atoms with Crippen LogP contribution in [-0.2, 0) is 0 Å². The summed E-state index contributed by atoms with van der Waals surface area (Å²) in [4.78, 5) is 16.1. The van der Waals surface area contributed by atoms with Gasteiger partial charge in [-0.25, -0.2) is 4.98 Å². The molecule has 0 spiro atoms. The van der Waals surface area contributed by atoms with Crippen LogP contribution in [0.4, 0.5) is 0 Å². The number of thiazole rings is 1. The number of imidazole rings is 1. The third-order valence-corrected chi connectivity index (χ3v) is 3.34. The van der Waals surface area contributed by atoms with E-state index in [9.17, 15) is 4.79 Å². The first-order chi connectivity index (χ1) is 7.25. The molecule has 0 aliphatic heterocycles. The number of hydrogen-bond donors (Lipinski definition) is 1. The third-order valence-electron chi connectivity index (χ3n) is 2.31. The standard InChI is InChI=1S/C10H7N3OS.ClH/c11-9(14)6-1-2-7-8(5-6)15-10-12-3-4-13(7)10;/h1-5H,(H2,11,14);1H. The van der Waals surface area contributed by atoms with Gasteiger partial charge in [-0.15, -0.1) is 12.4 Å². The summed E-state index contributed by atoms with van der Waals surface area (Å²) in [6, 6.07) is 5.43. The van der Waals surface area contributed by atoms with Gasteiger partial charge in [0.1, 0.15) is 0 Å². The van der Waals surface area contributed by atoms with Gasteiger partial charge in [-0.05, 0) is 18.2 Å². The molecule has 1 aromatic carbocycles. The summed E-state index contributed by atoms with van der Waals surface area (Å²) < 4.78 is 3.01. The van der Waals surface area contributed by atoms with Crippen LogP contribution in [0.15, 0.2) is 30.6 Å². The predicted molar refractivity (Wildman–Crippen MR) is 66.3 cm³/mol. The van der Waals surface area contributed by atoms with Crippen molar-refractivity contribution in [3.63, 3.8) is 0 Å². The van der Waals surface area contributed by atoms with E-state index in [-0.39, 0.29) is 12.4 Å². The number of aromatic nitrogens is 2. The molecule has 3 aromatic rings. The number of carbonyl (C=O) groups excluding carboxylic acids is 1. The average molecular weight is 254 g/mol. The lowest BCUT2D eigenvalue weighted by molar-refractivity contribution is 0.100. The molecule has 82 valence electrons. The topological polar surface area (TPSA) is 60.4 Å². The first-order valence-corrected chi connectivity index (χ1v) is 5.23. The second kappa shape index (κ2) is 3.77. The maximum atomic E-state index is 11.0. The predicted octanol–water partition coefficient (Wildman–Crippen LogP) is 2.07. The Kier molecular flexibility index (Phi) is 2.57. The van der Waals surface area contributed by atoms with Crippen molar-refractivity contribution in [1.29, 1.82) is 0 Å². The highest BCUT2D eigenvalue weighted by molar-refractivity contribution is 7.23. The minimum absolute atomic E-state index is 0. The second-order valence-corrected chi connectivity index (χ2v) is 4.24. The summed E-state index contributed by atoms with van der Waals surface area (Å²) in [5.74, 6) is -0.400. The smallest absolute Gasteiger partial charge is 0.248 e. The van der Waals surface area contributed by atoms with E-state index < -0.39 is 5.91 Å². The van der Waals surface area contributed by atoms with Gasteiger partial charge in [-0.3, -0.25) is 9.20 Å². The number of rotatable bonds is 1. The Bertz CT molecular complexity index is 673. The molecule has 0 aliphatic rings. The van der Waals surface area contributed by atoms with Crippen molar-refractivity contribution in [3.8, 4) is 0 Å². The number of hydrogen-bond acceptors (Lipinski definition) is 3. The summed E-state index contributed by atoms with van der Waals surface area (Å²) in [6.45, 7) is 0. The van der Waals surface area contributed by atoms with Gasteiger partial charge in [0.15, 0.2) is 4.96 Å². The molecule has 2 N–H and O–H groups in total. The van der Waals surface area contributed by atoms with Gasteiger partial charge in [0.2, 0.25) is 5.91 Å². The monoisotopic (exact) mass is 253 g/mol. The van der Waals surface area contributed by atoms with Crippen LogP contribution < -0.4 is 5.73 Å². The third kappa shape index (κ3) is 1.45. The maximum Gasteiger partial charge on any atom is 0.248 e. The van der Waals surface area contributed by atoms with Crippen molar-refractivity contribution in [2.45, 2.75) is 0 Å². The molecule has 6 heteroatoms. The largest absolute Gasteiger partial charge is 0.366 e. The van der Waals surface area contributed by atoms with Crippen LogP contribution >= 0.6 is 23.7 Å². The van der Waals surface area contributed by atoms with Crippen LogP contribution in [0, 0.1) is 0 Å². The fourth-order valence-corrected chi connectivity index (χ4v) is 2.62. The maximum absolute atomic E-state index is 11.0. The van der Waals surface area contributed by atoms with E-state index in [0.29, 0.717) is 5.56 Å². The highest BCUT2D eigenvalue weighted by atomic mass is 35.5. The van der Waals surface area contributed by atoms with Crippen molar-refractivity contribution in [1.82, 2.24) is 9.38 Å². The van der Waals surface area contributed by atoms with E-state index in [4.69, 9.17) is 5.73 Å². The van der Waals surface area contributed by atoms with Crippen molar-refractivity contribution in [2.24, 2.45) is 5.73 Å². The Balaban J connectivity index is 0.000000963. The lowest BCUT2D eigenvalue weighted by atomic mass is 10.2. The number of carbonyl (C=O) groups is 1. The van der Waals surface area contributed by atoms with E-state index in [1.54, 1.807) is 29.7 Å². The van der Waals surface area contributed by atoms with Crippen LogP contribution in [0.2, 0.25) is 0 Å². The molecule has 4 nitrogen and oxygen atoms in total. The van der Waals surface area contributed by atoms with Gasteiger partial charge < -0.3 is 5.73 Å². The number of nitrogens with two attached hydrogens (primary N) is 1. The SMILES string of the molecule is Cl.NC(=O)c1ccc2c(c1)sc1nccn12. The lowest BCUT2D eigenvalue weighted by Crippen LogP contribution is -2.10. The summed E-state index contributed by atoms with van der Waals surface area (Å²) in [6.07, 6.45) is 3.66. The van der Waals surface area contributed by atoms with Crippen molar-refractivity contribution >= 4 is 44.8 Å².